The summed E-state index contributed by atoms with van der Waals surface area (Å²) in [6, 6.07) is 7.02. The zero-order valence-electron chi connectivity index (χ0n) is 13.0. The van der Waals surface area contributed by atoms with E-state index in [1.54, 1.807) is 6.07 Å². The summed E-state index contributed by atoms with van der Waals surface area (Å²) >= 11 is 1.39. The molecule has 0 spiro atoms. The van der Waals surface area contributed by atoms with Crippen LogP contribution in [0.4, 0.5) is 13.2 Å². The minimum Gasteiger partial charge on any atom is -0.478 e. The molecule has 0 radical (unpaired) electrons. The van der Waals surface area contributed by atoms with Crippen LogP contribution in [-0.2, 0) is 12.7 Å². The molecule has 3 rings (SSSR count). The summed E-state index contributed by atoms with van der Waals surface area (Å²) < 4.78 is 40.1. The van der Waals surface area contributed by atoms with Crippen molar-refractivity contribution >= 4 is 17.3 Å². The van der Waals surface area contributed by atoms with E-state index >= 15 is 0 Å². The van der Waals surface area contributed by atoms with Crippen LogP contribution in [0.2, 0.25) is 0 Å². The van der Waals surface area contributed by atoms with Crippen LogP contribution in [0.5, 0.6) is 0 Å². The molecule has 0 amide bonds. The Morgan fingerprint density at radius 3 is 2.72 bits per heavy atom. The largest absolute Gasteiger partial charge is 0.478 e. The number of halogens is 3. The number of carbonyl (C=O) groups is 1. The molecule has 0 fully saturated rings. The highest BCUT2D eigenvalue weighted by Crippen LogP contribution is 2.35. The first-order valence-electron chi connectivity index (χ1n) is 7.27. The van der Waals surface area contributed by atoms with Crippen molar-refractivity contribution < 1.29 is 23.1 Å². The number of nitrogens with zero attached hydrogens (tertiary/aromatic N) is 2. The van der Waals surface area contributed by atoms with Crippen LogP contribution in [0.25, 0.3) is 10.4 Å². The highest BCUT2D eigenvalue weighted by molar-refractivity contribution is 7.15. The molecule has 8 heteroatoms. The third-order valence-corrected chi connectivity index (χ3v) is 4.85. The van der Waals surface area contributed by atoms with Crippen LogP contribution in [-0.4, -0.2) is 20.9 Å². The van der Waals surface area contributed by atoms with Gasteiger partial charge in [-0.3, -0.25) is 4.68 Å². The molecule has 0 aliphatic carbocycles. The van der Waals surface area contributed by atoms with E-state index in [1.165, 1.54) is 34.5 Å². The molecule has 0 aliphatic heterocycles. The van der Waals surface area contributed by atoms with Crippen molar-refractivity contribution in [2.45, 2.75) is 19.6 Å². The Bertz CT molecular complexity index is 928. The van der Waals surface area contributed by atoms with Crippen molar-refractivity contribution in [2.24, 2.45) is 0 Å². The van der Waals surface area contributed by atoms with Gasteiger partial charge in [-0.15, -0.1) is 11.3 Å². The number of carboxylic acid groups (broad SMARTS) is 1. The third kappa shape index (κ3) is 3.74. The second-order valence-electron chi connectivity index (χ2n) is 5.50. The first-order valence-corrected chi connectivity index (χ1v) is 8.08. The molecule has 25 heavy (non-hydrogen) atoms. The minimum absolute atomic E-state index is 0.0889. The van der Waals surface area contributed by atoms with E-state index in [0.717, 1.165) is 27.5 Å². The summed E-state index contributed by atoms with van der Waals surface area (Å²) in [7, 11) is 0. The van der Waals surface area contributed by atoms with Crippen molar-refractivity contribution in [2.75, 3.05) is 0 Å². The van der Waals surface area contributed by atoms with E-state index in [1.807, 2.05) is 13.0 Å². The number of thiophene rings is 1. The van der Waals surface area contributed by atoms with Crippen LogP contribution in [0.1, 0.15) is 26.4 Å². The lowest BCUT2D eigenvalue weighted by Gasteiger charge is -2.07. The van der Waals surface area contributed by atoms with Gasteiger partial charge in [-0.2, -0.15) is 18.3 Å². The van der Waals surface area contributed by atoms with Gasteiger partial charge in [0.2, 0.25) is 0 Å². The molecule has 0 saturated heterocycles. The maximum Gasteiger partial charge on any atom is 0.416 e. The Labute approximate surface area is 145 Å². The fourth-order valence-electron chi connectivity index (χ4n) is 2.40. The van der Waals surface area contributed by atoms with Crippen molar-refractivity contribution in [3.8, 4) is 10.4 Å². The normalized spacial score (nSPS) is 11.7. The lowest BCUT2D eigenvalue weighted by atomic mass is 10.1. The predicted molar refractivity (Wildman–Crippen MR) is 87.8 cm³/mol. The number of aryl methyl sites for hydroxylation is 1. The smallest absolute Gasteiger partial charge is 0.416 e. The van der Waals surface area contributed by atoms with Crippen LogP contribution in [0, 0.1) is 6.92 Å². The predicted octanol–water partition coefficient (Wildman–Crippen LogP) is 4.69. The van der Waals surface area contributed by atoms with Crippen LogP contribution in [0.15, 0.2) is 42.7 Å². The molecule has 0 unspecified atom stereocenters. The van der Waals surface area contributed by atoms with Gasteiger partial charge in [-0.1, -0.05) is 12.1 Å². The van der Waals surface area contributed by atoms with Gasteiger partial charge < -0.3 is 5.11 Å². The SMILES string of the molecule is Cc1sc(-c2cccc(C(F)(F)F)c2)cc1Cn1cc(C(=O)O)cn1. The van der Waals surface area contributed by atoms with Gasteiger partial charge in [0, 0.05) is 16.0 Å². The molecule has 0 atom stereocenters. The minimum atomic E-state index is -4.38. The summed E-state index contributed by atoms with van der Waals surface area (Å²) in [6.07, 6.45) is -1.70. The summed E-state index contributed by atoms with van der Waals surface area (Å²) in [5, 5.41) is 12.9. The summed E-state index contributed by atoms with van der Waals surface area (Å²) in [5.74, 6) is -1.06. The molecule has 130 valence electrons. The van der Waals surface area contributed by atoms with E-state index in [-0.39, 0.29) is 5.56 Å². The Morgan fingerprint density at radius 2 is 2.08 bits per heavy atom. The van der Waals surface area contributed by atoms with Gasteiger partial charge in [0.25, 0.3) is 0 Å². The molecule has 2 heterocycles. The Hall–Kier alpha value is -2.61. The molecular weight excluding hydrogens is 353 g/mol. The molecular formula is C17H13F3N2O2S. The van der Waals surface area contributed by atoms with Crippen LogP contribution < -0.4 is 0 Å². The van der Waals surface area contributed by atoms with Crippen LogP contribution >= 0.6 is 11.3 Å². The fraction of sp³-hybridized carbons (Fsp3) is 0.176. The summed E-state index contributed by atoms with van der Waals surface area (Å²) in [4.78, 5) is 12.6. The van der Waals surface area contributed by atoms with E-state index in [0.29, 0.717) is 12.1 Å². The van der Waals surface area contributed by atoms with Gasteiger partial charge in [-0.25, -0.2) is 4.79 Å². The summed E-state index contributed by atoms with van der Waals surface area (Å²) in [6.45, 7) is 2.23. The molecule has 4 nitrogen and oxygen atoms in total. The second-order valence-corrected chi connectivity index (χ2v) is 6.76. The van der Waals surface area contributed by atoms with Crippen molar-refractivity contribution in [3.63, 3.8) is 0 Å². The Morgan fingerprint density at radius 1 is 1.32 bits per heavy atom. The quantitative estimate of drug-likeness (QED) is 0.729. The van der Waals surface area contributed by atoms with Gasteiger partial charge in [0.05, 0.1) is 23.9 Å². The standard InChI is InChI=1S/C17H13F3N2O2S/c1-10-12(8-22-9-13(7-21-22)16(23)24)6-15(25-10)11-3-2-4-14(5-11)17(18,19)20/h2-7,9H,8H2,1H3,(H,23,24). The van der Waals surface area contributed by atoms with Crippen molar-refractivity contribution in [1.29, 1.82) is 0 Å². The fourth-order valence-corrected chi connectivity index (χ4v) is 3.43. The average Bonchev–Trinajstić information content (AvgIpc) is 3.15. The number of rotatable bonds is 4. The Kier molecular flexibility index (Phi) is 4.38. The maximum atomic E-state index is 12.9. The van der Waals surface area contributed by atoms with Crippen LogP contribution in [0.3, 0.4) is 0 Å². The lowest BCUT2D eigenvalue weighted by Crippen LogP contribution is -2.04. The molecule has 1 aromatic carbocycles. The number of aromatic nitrogens is 2. The highest BCUT2D eigenvalue weighted by Gasteiger charge is 2.30. The maximum absolute atomic E-state index is 12.9. The Balaban J connectivity index is 1.88. The number of carboxylic acids is 1. The molecule has 1 N–H and O–H groups in total. The van der Waals surface area contributed by atoms with E-state index in [2.05, 4.69) is 5.10 Å². The van der Waals surface area contributed by atoms with Gasteiger partial charge >= 0.3 is 12.1 Å². The number of alkyl halides is 3. The van der Waals surface area contributed by atoms with Gasteiger partial charge in [0.15, 0.2) is 0 Å². The summed E-state index contributed by atoms with van der Waals surface area (Å²) in [5.41, 5.74) is 0.792. The van der Waals surface area contributed by atoms with E-state index < -0.39 is 17.7 Å². The second kappa shape index (κ2) is 6.36. The van der Waals surface area contributed by atoms with E-state index in [9.17, 15) is 18.0 Å². The average molecular weight is 366 g/mol. The van der Waals surface area contributed by atoms with Crippen molar-refractivity contribution in [1.82, 2.24) is 9.78 Å². The number of hydrogen-bond acceptors (Lipinski definition) is 3. The zero-order chi connectivity index (χ0) is 18.2. The monoisotopic (exact) mass is 366 g/mol. The third-order valence-electron chi connectivity index (χ3n) is 3.71. The zero-order valence-corrected chi connectivity index (χ0v) is 13.9. The molecule has 2 aromatic heterocycles. The first-order chi connectivity index (χ1) is 11.7. The van der Waals surface area contributed by atoms with Gasteiger partial charge in [0.1, 0.15) is 0 Å². The number of hydrogen-bond donors (Lipinski definition) is 1. The first kappa shape index (κ1) is 17.2. The highest BCUT2D eigenvalue weighted by atomic mass is 32.1. The molecule has 0 bridgehead atoms. The molecule has 0 aliphatic rings. The van der Waals surface area contributed by atoms with Crippen molar-refractivity contribution in [3.05, 3.63) is 64.3 Å². The molecule has 0 saturated carbocycles. The van der Waals surface area contributed by atoms with E-state index in [4.69, 9.17) is 5.11 Å². The molecule has 3 aromatic rings. The lowest BCUT2D eigenvalue weighted by molar-refractivity contribution is -0.137. The topological polar surface area (TPSA) is 55.1 Å². The van der Waals surface area contributed by atoms with Gasteiger partial charge in [-0.05, 0) is 36.2 Å². The number of aromatic carboxylic acids is 1. The number of benzene rings is 1.